The van der Waals surface area contributed by atoms with Crippen LogP contribution < -0.4 is 10.7 Å². The van der Waals surface area contributed by atoms with Gasteiger partial charge in [0.25, 0.3) is 5.56 Å². The van der Waals surface area contributed by atoms with E-state index in [2.05, 4.69) is 9.55 Å². The standard InChI is InChI=1S/C17H17N3O4S/c18-25(22,23)13-3-1-11(2-4-13)14-9-20(12-6-8-24-10-12)15-5-7-19-17(21)16(14)15/h1-5,7,9,12H,6,8,10H2,(H,19,21)(H2,18,22,23). The summed E-state index contributed by atoms with van der Waals surface area (Å²) in [6, 6.07) is 8.28. The molecule has 25 heavy (non-hydrogen) atoms. The van der Waals surface area contributed by atoms with Crippen LogP contribution in [0.3, 0.4) is 0 Å². The van der Waals surface area contributed by atoms with Gasteiger partial charge in [-0.05, 0) is 30.2 Å². The smallest absolute Gasteiger partial charge is 0.258 e. The minimum atomic E-state index is -3.75. The second kappa shape index (κ2) is 5.83. The van der Waals surface area contributed by atoms with Gasteiger partial charge in [-0.25, -0.2) is 13.6 Å². The Morgan fingerprint density at radius 1 is 1.20 bits per heavy atom. The molecule has 0 amide bonds. The molecular formula is C17H17N3O4S. The summed E-state index contributed by atoms with van der Waals surface area (Å²) in [4.78, 5) is 15.2. The molecule has 0 spiro atoms. The molecule has 0 saturated carbocycles. The van der Waals surface area contributed by atoms with Crippen LogP contribution >= 0.6 is 0 Å². The number of sulfonamides is 1. The van der Waals surface area contributed by atoms with Crippen LogP contribution in [-0.2, 0) is 14.8 Å². The molecule has 7 nitrogen and oxygen atoms in total. The van der Waals surface area contributed by atoms with Crippen LogP contribution in [0.4, 0.5) is 0 Å². The lowest BCUT2D eigenvalue weighted by molar-refractivity contribution is 0.187. The molecule has 1 aromatic carbocycles. The molecule has 0 radical (unpaired) electrons. The zero-order chi connectivity index (χ0) is 17.6. The second-order valence-electron chi connectivity index (χ2n) is 6.10. The molecule has 1 aliphatic heterocycles. The zero-order valence-electron chi connectivity index (χ0n) is 13.3. The largest absolute Gasteiger partial charge is 0.379 e. The Morgan fingerprint density at radius 3 is 2.60 bits per heavy atom. The first kappa shape index (κ1) is 16.1. The van der Waals surface area contributed by atoms with E-state index >= 15 is 0 Å². The van der Waals surface area contributed by atoms with Crippen LogP contribution in [0.5, 0.6) is 0 Å². The van der Waals surface area contributed by atoms with Crippen molar-refractivity contribution in [2.75, 3.05) is 13.2 Å². The highest BCUT2D eigenvalue weighted by Gasteiger charge is 2.22. The number of fused-ring (bicyclic) bond motifs is 1. The molecule has 130 valence electrons. The molecule has 1 fully saturated rings. The number of aromatic nitrogens is 2. The molecular weight excluding hydrogens is 342 g/mol. The number of pyridine rings is 1. The Kier molecular flexibility index (Phi) is 3.75. The highest BCUT2D eigenvalue weighted by atomic mass is 32.2. The van der Waals surface area contributed by atoms with Gasteiger partial charge in [0.2, 0.25) is 10.0 Å². The van der Waals surface area contributed by atoms with Gasteiger partial charge in [0.15, 0.2) is 0 Å². The predicted octanol–water partition coefficient (Wildman–Crippen LogP) is 1.61. The predicted molar refractivity (Wildman–Crippen MR) is 93.8 cm³/mol. The summed E-state index contributed by atoms with van der Waals surface area (Å²) in [6.07, 6.45) is 4.45. The van der Waals surface area contributed by atoms with Crippen molar-refractivity contribution in [3.05, 3.63) is 53.1 Å². The number of benzene rings is 1. The van der Waals surface area contributed by atoms with E-state index in [1.165, 1.54) is 12.1 Å². The normalized spacial score (nSPS) is 18.0. The third-order valence-electron chi connectivity index (χ3n) is 4.55. The molecule has 0 bridgehead atoms. The van der Waals surface area contributed by atoms with Gasteiger partial charge in [-0.1, -0.05) is 12.1 Å². The van der Waals surface area contributed by atoms with E-state index in [1.807, 2.05) is 12.3 Å². The number of hydrogen-bond acceptors (Lipinski definition) is 4. The number of nitrogens with one attached hydrogen (secondary N) is 1. The van der Waals surface area contributed by atoms with Crippen LogP contribution in [-0.4, -0.2) is 31.2 Å². The van der Waals surface area contributed by atoms with Crippen molar-refractivity contribution in [1.82, 2.24) is 9.55 Å². The summed E-state index contributed by atoms with van der Waals surface area (Å²) < 4.78 is 30.4. The van der Waals surface area contributed by atoms with Crippen molar-refractivity contribution in [3.8, 4) is 11.1 Å². The van der Waals surface area contributed by atoms with E-state index in [9.17, 15) is 13.2 Å². The molecule has 3 N–H and O–H groups in total. The summed E-state index contributed by atoms with van der Waals surface area (Å²) in [5.41, 5.74) is 2.17. The number of primary sulfonamides is 1. The quantitative estimate of drug-likeness (QED) is 0.740. The van der Waals surface area contributed by atoms with Gasteiger partial charge in [-0.15, -0.1) is 0 Å². The third kappa shape index (κ3) is 2.78. The monoisotopic (exact) mass is 359 g/mol. The molecule has 0 aliphatic carbocycles. The zero-order valence-corrected chi connectivity index (χ0v) is 14.1. The van der Waals surface area contributed by atoms with Crippen LogP contribution in [0, 0.1) is 0 Å². The summed E-state index contributed by atoms with van der Waals surface area (Å²) in [5, 5.41) is 5.73. The SMILES string of the molecule is NS(=O)(=O)c1ccc(-c2cn(C3CCOC3)c3cc[nH]c(=O)c23)cc1. The van der Waals surface area contributed by atoms with Crippen molar-refractivity contribution in [3.63, 3.8) is 0 Å². The highest BCUT2D eigenvalue weighted by Crippen LogP contribution is 2.33. The molecule has 1 saturated heterocycles. The summed E-state index contributed by atoms with van der Waals surface area (Å²) in [7, 11) is -3.75. The second-order valence-corrected chi connectivity index (χ2v) is 7.67. The number of nitrogens with zero attached hydrogens (tertiary/aromatic N) is 1. The molecule has 2 aromatic heterocycles. The first-order valence-corrected chi connectivity index (χ1v) is 9.43. The number of rotatable bonds is 3. The average molecular weight is 359 g/mol. The van der Waals surface area contributed by atoms with Gasteiger partial charge in [0.1, 0.15) is 0 Å². The van der Waals surface area contributed by atoms with Gasteiger partial charge in [0, 0.05) is 24.6 Å². The molecule has 8 heteroatoms. The number of H-pyrrole nitrogens is 1. The summed E-state index contributed by atoms with van der Waals surface area (Å²) in [5.74, 6) is 0. The first-order chi connectivity index (χ1) is 11.9. The maximum atomic E-state index is 12.4. The highest BCUT2D eigenvalue weighted by molar-refractivity contribution is 7.89. The Bertz CT molecular complexity index is 1090. The van der Waals surface area contributed by atoms with Gasteiger partial charge in [0.05, 0.1) is 28.4 Å². The van der Waals surface area contributed by atoms with E-state index in [0.29, 0.717) is 18.6 Å². The lowest BCUT2D eigenvalue weighted by atomic mass is 10.1. The van der Waals surface area contributed by atoms with E-state index in [-0.39, 0.29) is 16.5 Å². The van der Waals surface area contributed by atoms with Crippen molar-refractivity contribution in [1.29, 1.82) is 0 Å². The molecule has 1 aliphatic rings. The maximum Gasteiger partial charge on any atom is 0.258 e. The van der Waals surface area contributed by atoms with Crippen LogP contribution in [0.1, 0.15) is 12.5 Å². The molecule has 1 atom stereocenters. The lowest BCUT2D eigenvalue weighted by Gasteiger charge is -2.11. The lowest BCUT2D eigenvalue weighted by Crippen LogP contribution is -2.11. The average Bonchev–Trinajstić information content (AvgIpc) is 3.22. The fraction of sp³-hybridized carbons (Fsp3) is 0.235. The topological polar surface area (TPSA) is 107 Å². The fourth-order valence-corrected chi connectivity index (χ4v) is 3.82. The van der Waals surface area contributed by atoms with E-state index in [1.54, 1.807) is 18.3 Å². The van der Waals surface area contributed by atoms with E-state index in [0.717, 1.165) is 23.1 Å². The van der Waals surface area contributed by atoms with Crippen molar-refractivity contribution in [2.24, 2.45) is 5.14 Å². The Labute approximate surface area is 144 Å². The maximum absolute atomic E-state index is 12.4. The van der Waals surface area contributed by atoms with E-state index < -0.39 is 10.0 Å². The van der Waals surface area contributed by atoms with Crippen LogP contribution in [0.15, 0.2) is 52.4 Å². The van der Waals surface area contributed by atoms with Crippen LogP contribution in [0.2, 0.25) is 0 Å². The number of nitrogens with two attached hydrogens (primary N) is 1. The Balaban J connectivity index is 1.91. The Morgan fingerprint density at radius 2 is 1.96 bits per heavy atom. The molecule has 3 aromatic rings. The van der Waals surface area contributed by atoms with Crippen LogP contribution in [0.25, 0.3) is 22.0 Å². The first-order valence-electron chi connectivity index (χ1n) is 7.88. The summed E-state index contributed by atoms with van der Waals surface area (Å²) in [6.45, 7) is 1.31. The minimum absolute atomic E-state index is 0.0399. The van der Waals surface area contributed by atoms with Crippen molar-refractivity contribution >= 4 is 20.9 Å². The Hall–Kier alpha value is -2.42. The number of aromatic amines is 1. The van der Waals surface area contributed by atoms with Gasteiger partial charge in [-0.3, -0.25) is 4.79 Å². The molecule has 3 heterocycles. The van der Waals surface area contributed by atoms with Crippen molar-refractivity contribution < 1.29 is 13.2 Å². The fourth-order valence-electron chi connectivity index (χ4n) is 3.30. The molecule has 4 rings (SSSR count). The number of hydrogen-bond donors (Lipinski definition) is 2. The van der Waals surface area contributed by atoms with E-state index in [4.69, 9.17) is 9.88 Å². The van der Waals surface area contributed by atoms with Gasteiger partial charge in [-0.2, -0.15) is 0 Å². The molecule has 1 unspecified atom stereocenters. The van der Waals surface area contributed by atoms with Crippen molar-refractivity contribution in [2.45, 2.75) is 17.4 Å². The third-order valence-corrected chi connectivity index (χ3v) is 5.48. The number of ether oxygens (including phenoxy) is 1. The van der Waals surface area contributed by atoms with Gasteiger partial charge < -0.3 is 14.3 Å². The van der Waals surface area contributed by atoms with Gasteiger partial charge >= 0.3 is 0 Å². The minimum Gasteiger partial charge on any atom is -0.379 e. The summed E-state index contributed by atoms with van der Waals surface area (Å²) >= 11 is 0.